The Morgan fingerprint density at radius 1 is 1.16 bits per heavy atom. The monoisotopic (exact) mass is 462 g/mol. The van der Waals surface area contributed by atoms with E-state index in [0.717, 1.165) is 17.7 Å². The summed E-state index contributed by atoms with van der Waals surface area (Å²) in [6, 6.07) is 17.7. The van der Waals surface area contributed by atoms with E-state index in [1.165, 1.54) is 21.8 Å². The Morgan fingerprint density at radius 2 is 2.03 bits per heavy atom. The number of ether oxygens (including phenoxy) is 2. The maximum Gasteiger partial charge on any atom is 0.254 e. The van der Waals surface area contributed by atoms with Crippen LogP contribution in [0.5, 0.6) is 11.5 Å². The van der Waals surface area contributed by atoms with Crippen LogP contribution in [0.4, 0.5) is 0 Å². The van der Waals surface area contributed by atoms with Crippen molar-refractivity contribution in [3.63, 3.8) is 0 Å². The van der Waals surface area contributed by atoms with Crippen molar-refractivity contribution in [3.05, 3.63) is 98.1 Å². The molecule has 2 aromatic carbocycles. The molecule has 2 aromatic heterocycles. The van der Waals surface area contributed by atoms with Gasteiger partial charge in [0.05, 0.1) is 24.4 Å². The molecule has 3 heterocycles. The van der Waals surface area contributed by atoms with Crippen molar-refractivity contribution in [3.8, 4) is 11.5 Å². The standard InChI is InChI=1S/C25H22N2O3S2/c1-29-22-13-18(7-8-21(22)30-14-19-15-31-16-26-19)25(28)27-11-9-23-20(10-12-32-23)24(27)17-5-3-2-4-6-17/h2-8,10,12-13,15-16,24H,9,11,14H2,1H3. The number of hydrogen-bond donors (Lipinski definition) is 0. The highest BCUT2D eigenvalue weighted by atomic mass is 32.1. The van der Waals surface area contributed by atoms with E-state index in [-0.39, 0.29) is 11.9 Å². The molecular weight excluding hydrogens is 440 g/mol. The quantitative estimate of drug-likeness (QED) is 0.375. The van der Waals surface area contributed by atoms with Crippen LogP contribution in [0.25, 0.3) is 0 Å². The number of amides is 1. The summed E-state index contributed by atoms with van der Waals surface area (Å²) < 4.78 is 11.4. The highest BCUT2D eigenvalue weighted by Gasteiger charge is 2.33. The lowest BCUT2D eigenvalue weighted by Gasteiger charge is -2.36. The second-order valence-electron chi connectivity index (χ2n) is 7.49. The van der Waals surface area contributed by atoms with Crippen LogP contribution in [-0.2, 0) is 13.0 Å². The molecular formula is C25H22N2O3S2. The second kappa shape index (κ2) is 9.14. The van der Waals surface area contributed by atoms with Gasteiger partial charge in [0, 0.05) is 22.4 Å². The number of benzene rings is 2. The summed E-state index contributed by atoms with van der Waals surface area (Å²) in [5.74, 6) is 1.12. The normalized spacial score (nSPS) is 15.3. The minimum Gasteiger partial charge on any atom is -0.493 e. The zero-order valence-electron chi connectivity index (χ0n) is 17.6. The second-order valence-corrected chi connectivity index (χ2v) is 9.21. The molecule has 1 unspecified atom stereocenters. The SMILES string of the molecule is COc1cc(C(=O)N2CCc3sccc3C2c2ccccc2)ccc1OCc1cscn1. The molecule has 0 saturated heterocycles. The van der Waals surface area contributed by atoms with Crippen molar-refractivity contribution in [1.29, 1.82) is 0 Å². The van der Waals surface area contributed by atoms with Crippen LogP contribution in [0, 0.1) is 0 Å². The Kier molecular flexibility index (Phi) is 5.92. The van der Waals surface area contributed by atoms with E-state index in [4.69, 9.17) is 9.47 Å². The third-order valence-corrected chi connectivity index (χ3v) is 7.24. The highest BCUT2D eigenvalue weighted by molar-refractivity contribution is 7.10. The summed E-state index contributed by atoms with van der Waals surface area (Å²) in [5.41, 5.74) is 5.56. The zero-order chi connectivity index (χ0) is 21.9. The molecule has 7 heteroatoms. The third-order valence-electron chi connectivity index (χ3n) is 5.61. The molecule has 1 atom stereocenters. The Hall–Kier alpha value is -3.16. The van der Waals surface area contributed by atoms with Gasteiger partial charge >= 0.3 is 0 Å². The number of carbonyl (C=O) groups excluding carboxylic acids is 1. The van der Waals surface area contributed by atoms with E-state index in [1.807, 2.05) is 34.5 Å². The minimum atomic E-state index is -0.0923. The van der Waals surface area contributed by atoms with Gasteiger partial charge in [-0.1, -0.05) is 30.3 Å². The molecule has 1 aliphatic rings. The van der Waals surface area contributed by atoms with Gasteiger partial charge in [-0.05, 0) is 47.2 Å². The number of fused-ring (bicyclic) bond motifs is 1. The van der Waals surface area contributed by atoms with Crippen LogP contribution in [-0.4, -0.2) is 29.4 Å². The highest BCUT2D eigenvalue weighted by Crippen LogP contribution is 2.39. The van der Waals surface area contributed by atoms with E-state index in [1.54, 1.807) is 36.1 Å². The van der Waals surface area contributed by atoms with Crippen LogP contribution >= 0.6 is 22.7 Å². The number of nitrogens with zero attached hydrogens (tertiary/aromatic N) is 2. The molecule has 4 aromatic rings. The first-order chi connectivity index (χ1) is 15.7. The molecule has 1 amide bonds. The van der Waals surface area contributed by atoms with Gasteiger partial charge in [0.15, 0.2) is 11.5 Å². The number of hydrogen-bond acceptors (Lipinski definition) is 6. The number of thiazole rings is 1. The van der Waals surface area contributed by atoms with Crippen LogP contribution in [0.15, 0.2) is 70.9 Å². The summed E-state index contributed by atoms with van der Waals surface area (Å²) >= 11 is 3.30. The predicted octanol–water partition coefficient (Wildman–Crippen LogP) is 5.58. The van der Waals surface area contributed by atoms with E-state index in [2.05, 4.69) is 28.6 Å². The zero-order valence-corrected chi connectivity index (χ0v) is 19.2. The number of aromatic nitrogens is 1. The largest absolute Gasteiger partial charge is 0.493 e. The fraction of sp³-hybridized carbons (Fsp3) is 0.200. The smallest absolute Gasteiger partial charge is 0.254 e. The molecule has 5 nitrogen and oxygen atoms in total. The van der Waals surface area contributed by atoms with Gasteiger partial charge in [-0.2, -0.15) is 0 Å². The van der Waals surface area contributed by atoms with E-state index in [9.17, 15) is 4.79 Å². The molecule has 0 N–H and O–H groups in total. The third kappa shape index (κ3) is 4.01. The molecule has 0 aliphatic carbocycles. The number of thiophene rings is 1. The number of carbonyl (C=O) groups is 1. The molecule has 1 aliphatic heterocycles. The number of rotatable bonds is 6. The Morgan fingerprint density at radius 3 is 2.81 bits per heavy atom. The Labute approximate surface area is 194 Å². The van der Waals surface area contributed by atoms with Gasteiger partial charge in [0.25, 0.3) is 5.91 Å². The molecule has 162 valence electrons. The fourth-order valence-electron chi connectivity index (χ4n) is 4.08. The summed E-state index contributed by atoms with van der Waals surface area (Å²) in [5, 5.41) is 4.06. The molecule has 5 rings (SSSR count). The van der Waals surface area contributed by atoms with Crippen LogP contribution < -0.4 is 9.47 Å². The first kappa shape index (κ1) is 20.7. The molecule has 0 fully saturated rings. The van der Waals surface area contributed by atoms with Crippen molar-refractivity contribution in [2.45, 2.75) is 19.1 Å². The molecule has 0 spiro atoms. The van der Waals surface area contributed by atoms with Gasteiger partial charge in [0.2, 0.25) is 0 Å². The van der Waals surface area contributed by atoms with Crippen molar-refractivity contribution in [2.75, 3.05) is 13.7 Å². The first-order valence-corrected chi connectivity index (χ1v) is 12.2. The maximum absolute atomic E-state index is 13.7. The Bertz CT molecular complexity index is 1210. The summed E-state index contributed by atoms with van der Waals surface area (Å²) in [6.45, 7) is 1.03. The van der Waals surface area contributed by atoms with E-state index in [0.29, 0.717) is 30.2 Å². The average Bonchev–Trinajstić information content (AvgIpc) is 3.54. The van der Waals surface area contributed by atoms with Crippen molar-refractivity contribution in [1.82, 2.24) is 9.88 Å². The average molecular weight is 463 g/mol. The van der Waals surface area contributed by atoms with E-state index < -0.39 is 0 Å². The maximum atomic E-state index is 13.7. The lowest BCUT2D eigenvalue weighted by atomic mass is 9.92. The van der Waals surface area contributed by atoms with Crippen molar-refractivity contribution >= 4 is 28.6 Å². The fourth-order valence-corrected chi connectivity index (χ4v) is 5.52. The summed E-state index contributed by atoms with van der Waals surface area (Å²) in [4.78, 5) is 21.2. The van der Waals surface area contributed by atoms with Crippen molar-refractivity contribution < 1.29 is 14.3 Å². The van der Waals surface area contributed by atoms with E-state index >= 15 is 0 Å². The van der Waals surface area contributed by atoms with Crippen molar-refractivity contribution in [2.24, 2.45) is 0 Å². The van der Waals surface area contributed by atoms with Gasteiger partial charge < -0.3 is 14.4 Å². The molecule has 0 radical (unpaired) electrons. The number of methoxy groups -OCH3 is 1. The van der Waals surface area contributed by atoms with Gasteiger partial charge in [0.1, 0.15) is 6.61 Å². The van der Waals surface area contributed by atoms with Gasteiger partial charge in [-0.25, -0.2) is 4.98 Å². The topological polar surface area (TPSA) is 51.7 Å². The molecule has 32 heavy (non-hydrogen) atoms. The lowest BCUT2D eigenvalue weighted by Crippen LogP contribution is -2.40. The minimum absolute atomic E-state index is 0.0138. The molecule has 0 saturated carbocycles. The first-order valence-electron chi connectivity index (χ1n) is 10.3. The molecule has 0 bridgehead atoms. The summed E-state index contributed by atoms with van der Waals surface area (Å²) in [6.07, 6.45) is 0.869. The van der Waals surface area contributed by atoms with Crippen LogP contribution in [0.1, 0.15) is 38.1 Å². The lowest BCUT2D eigenvalue weighted by molar-refractivity contribution is 0.0695. The summed E-state index contributed by atoms with van der Waals surface area (Å²) in [7, 11) is 1.59. The Balaban J connectivity index is 1.43. The van der Waals surface area contributed by atoms with Gasteiger partial charge in [-0.15, -0.1) is 22.7 Å². The van der Waals surface area contributed by atoms with Crippen LogP contribution in [0.2, 0.25) is 0 Å². The van der Waals surface area contributed by atoms with Gasteiger partial charge in [-0.3, -0.25) is 4.79 Å². The predicted molar refractivity (Wildman–Crippen MR) is 127 cm³/mol. The van der Waals surface area contributed by atoms with Crippen LogP contribution in [0.3, 0.4) is 0 Å².